The van der Waals surface area contributed by atoms with Gasteiger partial charge >= 0.3 is 0 Å². The molecule has 6 heteroatoms. The number of amides is 2. The van der Waals surface area contributed by atoms with Gasteiger partial charge in [0.2, 0.25) is 11.8 Å². The number of likely N-dealkylation sites (tertiary alicyclic amines) is 1. The molecule has 3 rings (SSSR count). The number of hydrogen-bond acceptors (Lipinski definition) is 4. The first-order chi connectivity index (χ1) is 11.1. The van der Waals surface area contributed by atoms with E-state index in [1.807, 2.05) is 18.3 Å². The van der Waals surface area contributed by atoms with E-state index in [0.29, 0.717) is 13.1 Å². The first kappa shape index (κ1) is 15.8. The van der Waals surface area contributed by atoms with Crippen molar-refractivity contribution in [3.05, 3.63) is 23.9 Å². The minimum Gasteiger partial charge on any atom is -0.357 e. The molecule has 0 saturated carbocycles. The Hall–Kier alpha value is -2.11. The second-order valence-electron chi connectivity index (χ2n) is 6.31. The van der Waals surface area contributed by atoms with Gasteiger partial charge in [0.25, 0.3) is 0 Å². The number of nitrogens with one attached hydrogen (secondary N) is 1. The first-order valence-corrected chi connectivity index (χ1v) is 8.40. The molecule has 1 atom stereocenters. The van der Waals surface area contributed by atoms with Crippen LogP contribution < -0.4 is 10.2 Å². The number of carbonyl (C=O) groups excluding carboxylic acids is 2. The monoisotopic (exact) mass is 316 g/mol. The van der Waals surface area contributed by atoms with Crippen LogP contribution in [0.3, 0.4) is 0 Å². The highest BCUT2D eigenvalue weighted by molar-refractivity contribution is 5.87. The third-order valence-corrected chi connectivity index (χ3v) is 4.67. The summed E-state index contributed by atoms with van der Waals surface area (Å²) < 4.78 is 0. The van der Waals surface area contributed by atoms with Gasteiger partial charge in [0.1, 0.15) is 11.9 Å². The fourth-order valence-electron chi connectivity index (χ4n) is 3.38. The second-order valence-corrected chi connectivity index (χ2v) is 6.31. The number of anilines is 1. The molecule has 2 aliphatic rings. The van der Waals surface area contributed by atoms with Crippen molar-refractivity contribution in [1.82, 2.24) is 15.2 Å². The summed E-state index contributed by atoms with van der Waals surface area (Å²) in [5.74, 6) is 0.914. The number of rotatable bonds is 4. The van der Waals surface area contributed by atoms with Crippen molar-refractivity contribution < 1.29 is 9.59 Å². The van der Waals surface area contributed by atoms with Crippen LogP contribution in [0.5, 0.6) is 0 Å². The van der Waals surface area contributed by atoms with Crippen LogP contribution in [-0.2, 0) is 16.1 Å². The van der Waals surface area contributed by atoms with E-state index in [-0.39, 0.29) is 17.9 Å². The molecule has 23 heavy (non-hydrogen) atoms. The minimum absolute atomic E-state index is 0.0284. The Morgan fingerprint density at radius 1 is 1.22 bits per heavy atom. The molecule has 0 aromatic carbocycles. The molecule has 6 nitrogen and oxygen atoms in total. The number of carbonyl (C=O) groups is 2. The van der Waals surface area contributed by atoms with Gasteiger partial charge in [-0.25, -0.2) is 4.98 Å². The summed E-state index contributed by atoms with van der Waals surface area (Å²) >= 11 is 0. The van der Waals surface area contributed by atoms with Crippen LogP contribution in [0.1, 0.15) is 38.2 Å². The molecule has 1 N–H and O–H groups in total. The Balaban J connectivity index is 1.53. The largest absolute Gasteiger partial charge is 0.357 e. The SMILES string of the molecule is CC(=O)N1CCC[C@H]1C(=O)NCc1ccc(N2CCCC2)nc1. The molecule has 3 heterocycles. The third kappa shape index (κ3) is 3.63. The van der Waals surface area contributed by atoms with Gasteiger partial charge in [-0.2, -0.15) is 0 Å². The van der Waals surface area contributed by atoms with Gasteiger partial charge in [0, 0.05) is 39.3 Å². The van der Waals surface area contributed by atoms with Crippen LogP contribution in [0.2, 0.25) is 0 Å². The van der Waals surface area contributed by atoms with E-state index in [2.05, 4.69) is 15.2 Å². The van der Waals surface area contributed by atoms with E-state index < -0.39 is 0 Å². The Bertz CT molecular complexity index is 566. The summed E-state index contributed by atoms with van der Waals surface area (Å²) in [4.78, 5) is 32.2. The second kappa shape index (κ2) is 6.98. The summed E-state index contributed by atoms with van der Waals surface area (Å²) in [6.45, 7) is 4.80. The first-order valence-electron chi connectivity index (χ1n) is 8.40. The lowest BCUT2D eigenvalue weighted by Crippen LogP contribution is -2.44. The number of hydrogen-bond donors (Lipinski definition) is 1. The van der Waals surface area contributed by atoms with Crippen LogP contribution in [0.4, 0.5) is 5.82 Å². The lowest BCUT2D eigenvalue weighted by atomic mass is 10.2. The van der Waals surface area contributed by atoms with Crippen molar-refractivity contribution in [3.63, 3.8) is 0 Å². The minimum atomic E-state index is -0.315. The van der Waals surface area contributed by atoms with E-state index in [1.165, 1.54) is 19.8 Å². The van der Waals surface area contributed by atoms with Gasteiger partial charge < -0.3 is 15.1 Å². The number of nitrogens with zero attached hydrogens (tertiary/aromatic N) is 3. The van der Waals surface area contributed by atoms with Crippen molar-refractivity contribution in [1.29, 1.82) is 0 Å². The highest BCUT2D eigenvalue weighted by Crippen LogP contribution is 2.19. The fourth-order valence-corrected chi connectivity index (χ4v) is 3.38. The molecule has 1 aromatic rings. The van der Waals surface area contributed by atoms with Gasteiger partial charge in [0.05, 0.1) is 0 Å². The van der Waals surface area contributed by atoms with Gasteiger partial charge in [-0.05, 0) is 37.3 Å². The Morgan fingerprint density at radius 3 is 2.65 bits per heavy atom. The van der Waals surface area contributed by atoms with Crippen molar-refractivity contribution >= 4 is 17.6 Å². The van der Waals surface area contributed by atoms with Crippen molar-refractivity contribution in [2.75, 3.05) is 24.5 Å². The van der Waals surface area contributed by atoms with Gasteiger partial charge in [-0.1, -0.05) is 6.07 Å². The van der Waals surface area contributed by atoms with E-state index in [1.54, 1.807) is 4.90 Å². The lowest BCUT2D eigenvalue weighted by Gasteiger charge is -2.22. The average Bonchev–Trinajstić information content (AvgIpc) is 3.24. The van der Waals surface area contributed by atoms with Crippen LogP contribution in [0, 0.1) is 0 Å². The molecular formula is C17H24N4O2. The molecular weight excluding hydrogens is 292 g/mol. The van der Waals surface area contributed by atoms with E-state index >= 15 is 0 Å². The molecule has 2 saturated heterocycles. The van der Waals surface area contributed by atoms with Crippen molar-refractivity contribution in [2.24, 2.45) is 0 Å². The average molecular weight is 316 g/mol. The molecule has 1 aromatic heterocycles. The maximum absolute atomic E-state index is 12.3. The van der Waals surface area contributed by atoms with Gasteiger partial charge in [-0.15, -0.1) is 0 Å². The smallest absolute Gasteiger partial charge is 0.243 e. The molecule has 0 spiro atoms. The number of aromatic nitrogens is 1. The lowest BCUT2D eigenvalue weighted by molar-refractivity contribution is -0.136. The Morgan fingerprint density at radius 2 is 2.00 bits per heavy atom. The molecule has 2 aliphatic heterocycles. The van der Waals surface area contributed by atoms with Crippen molar-refractivity contribution in [2.45, 2.75) is 45.2 Å². The third-order valence-electron chi connectivity index (χ3n) is 4.67. The maximum atomic E-state index is 12.3. The zero-order valence-electron chi connectivity index (χ0n) is 13.6. The van der Waals surface area contributed by atoms with E-state index in [0.717, 1.165) is 37.3 Å². The van der Waals surface area contributed by atoms with Crippen LogP contribution in [0.15, 0.2) is 18.3 Å². The fraction of sp³-hybridized carbons (Fsp3) is 0.588. The van der Waals surface area contributed by atoms with E-state index in [9.17, 15) is 9.59 Å². The quantitative estimate of drug-likeness (QED) is 0.909. The molecule has 0 aliphatic carbocycles. The zero-order chi connectivity index (χ0) is 16.2. The van der Waals surface area contributed by atoms with Crippen LogP contribution in [-0.4, -0.2) is 47.4 Å². The summed E-state index contributed by atoms with van der Waals surface area (Å²) in [6, 6.07) is 3.71. The molecule has 2 fully saturated rings. The molecule has 2 amide bonds. The number of pyridine rings is 1. The highest BCUT2D eigenvalue weighted by Gasteiger charge is 2.31. The molecule has 0 radical (unpaired) electrons. The van der Waals surface area contributed by atoms with Crippen LogP contribution in [0.25, 0.3) is 0 Å². The van der Waals surface area contributed by atoms with Crippen LogP contribution >= 0.6 is 0 Å². The Labute approximate surface area is 136 Å². The predicted molar refractivity (Wildman–Crippen MR) is 87.9 cm³/mol. The topological polar surface area (TPSA) is 65.5 Å². The zero-order valence-corrected chi connectivity index (χ0v) is 13.6. The summed E-state index contributed by atoms with van der Waals surface area (Å²) in [5.41, 5.74) is 0.980. The van der Waals surface area contributed by atoms with Gasteiger partial charge in [0.15, 0.2) is 0 Å². The normalized spacial score (nSPS) is 20.8. The van der Waals surface area contributed by atoms with Crippen molar-refractivity contribution in [3.8, 4) is 0 Å². The molecule has 0 unspecified atom stereocenters. The van der Waals surface area contributed by atoms with Gasteiger partial charge in [-0.3, -0.25) is 9.59 Å². The maximum Gasteiger partial charge on any atom is 0.243 e. The summed E-state index contributed by atoms with van der Waals surface area (Å²) in [7, 11) is 0. The molecule has 0 bridgehead atoms. The molecule has 124 valence electrons. The summed E-state index contributed by atoms with van der Waals surface area (Å²) in [5, 5.41) is 2.93. The Kier molecular flexibility index (Phi) is 4.79. The highest BCUT2D eigenvalue weighted by atomic mass is 16.2. The summed E-state index contributed by atoms with van der Waals surface area (Å²) in [6.07, 6.45) is 5.92. The predicted octanol–water partition coefficient (Wildman–Crippen LogP) is 1.31. The van der Waals surface area contributed by atoms with E-state index in [4.69, 9.17) is 0 Å². The standard InChI is InChI=1S/C17H24N4O2/c1-13(22)21-10-4-5-15(21)17(23)19-12-14-6-7-16(18-11-14)20-8-2-3-9-20/h6-7,11,15H,2-5,8-10,12H2,1H3,(H,19,23)/t15-/m0/s1.